The van der Waals surface area contributed by atoms with E-state index >= 15 is 0 Å². The summed E-state index contributed by atoms with van der Waals surface area (Å²) in [5.41, 5.74) is 5.74. The lowest BCUT2D eigenvalue weighted by atomic mass is 9.88. The van der Waals surface area contributed by atoms with Gasteiger partial charge in [0, 0.05) is 19.0 Å². The van der Waals surface area contributed by atoms with E-state index in [0.29, 0.717) is 11.8 Å². The second kappa shape index (κ2) is 8.02. The molecule has 1 aliphatic carbocycles. The molecule has 116 valence electrons. The summed E-state index contributed by atoms with van der Waals surface area (Å²) in [4.78, 5) is 14.9. The van der Waals surface area contributed by atoms with Crippen molar-refractivity contribution in [3.8, 4) is 0 Å². The standard InChI is InChI=1S/C17H32N2O/c1-2-5-16(12-14-6-3-4-7-14)17(20)19-10-8-15(13-18)9-11-19/h14-16H,2-13,18H2,1H3. The Labute approximate surface area is 124 Å². The molecule has 2 aliphatic rings. The molecule has 1 amide bonds. The number of piperidine rings is 1. The second-order valence-corrected chi connectivity index (χ2v) is 6.88. The molecule has 2 fully saturated rings. The van der Waals surface area contributed by atoms with E-state index in [9.17, 15) is 4.79 Å². The van der Waals surface area contributed by atoms with Crippen molar-refractivity contribution < 1.29 is 4.79 Å². The van der Waals surface area contributed by atoms with Gasteiger partial charge in [-0.15, -0.1) is 0 Å². The third-order valence-electron chi connectivity index (χ3n) is 5.34. The summed E-state index contributed by atoms with van der Waals surface area (Å²) < 4.78 is 0. The maximum absolute atomic E-state index is 12.8. The molecule has 1 saturated heterocycles. The fourth-order valence-electron chi connectivity index (χ4n) is 3.99. The van der Waals surface area contributed by atoms with Gasteiger partial charge >= 0.3 is 0 Å². The van der Waals surface area contributed by atoms with Crippen LogP contribution in [0.1, 0.15) is 64.7 Å². The number of hydrogen-bond acceptors (Lipinski definition) is 2. The molecule has 1 aliphatic heterocycles. The summed E-state index contributed by atoms with van der Waals surface area (Å²) in [5.74, 6) is 2.18. The van der Waals surface area contributed by atoms with E-state index in [1.54, 1.807) is 0 Å². The van der Waals surface area contributed by atoms with Crippen molar-refractivity contribution in [2.45, 2.75) is 64.7 Å². The van der Waals surface area contributed by atoms with E-state index in [1.807, 2.05) is 0 Å². The maximum Gasteiger partial charge on any atom is 0.225 e. The van der Waals surface area contributed by atoms with Crippen LogP contribution in [0.25, 0.3) is 0 Å². The number of likely N-dealkylation sites (tertiary alicyclic amines) is 1. The third kappa shape index (κ3) is 4.21. The topological polar surface area (TPSA) is 46.3 Å². The zero-order valence-corrected chi connectivity index (χ0v) is 13.2. The van der Waals surface area contributed by atoms with Gasteiger partial charge in [0.1, 0.15) is 0 Å². The van der Waals surface area contributed by atoms with Gasteiger partial charge in [-0.25, -0.2) is 0 Å². The van der Waals surface area contributed by atoms with Crippen LogP contribution < -0.4 is 5.73 Å². The normalized spacial score (nSPS) is 23.2. The summed E-state index contributed by atoms with van der Waals surface area (Å²) in [6.45, 7) is 4.86. The molecule has 0 aromatic rings. The number of nitrogens with zero attached hydrogens (tertiary/aromatic N) is 1. The van der Waals surface area contributed by atoms with Gasteiger partial charge in [-0.1, -0.05) is 39.0 Å². The maximum atomic E-state index is 12.8. The molecule has 1 saturated carbocycles. The number of amides is 1. The van der Waals surface area contributed by atoms with Crippen LogP contribution >= 0.6 is 0 Å². The van der Waals surface area contributed by atoms with Crippen molar-refractivity contribution in [3.63, 3.8) is 0 Å². The van der Waals surface area contributed by atoms with Gasteiger partial charge in [0.25, 0.3) is 0 Å². The summed E-state index contributed by atoms with van der Waals surface area (Å²) in [5, 5.41) is 0. The Bertz CT molecular complexity index is 291. The molecule has 2 rings (SSSR count). The molecule has 0 radical (unpaired) electrons. The first kappa shape index (κ1) is 15.8. The lowest BCUT2D eigenvalue weighted by Crippen LogP contribution is -2.43. The molecule has 2 N–H and O–H groups in total. The van der Waals surface area contributed by atoms with E-state index in [0.717, 1.165) is 57.7 Å². The van der Waals surface area contributed by atoms with Crippen molar-refractivity contribution in [3.05, 3.63) is 0 Å². The average Bonchev–Trinajstić information content (AvgIpc) is 2.99. The minimum Gasteiger partial charge on any atom is -0.342 e. The minimum absolute atomic E-state index is 0.289. The third-order valence-corrected chi connectivity index (χ3v) is 5.34. The van der Waals surface area contributed by atoms with Crippen molar-refractivity contribution in [1.29, 1.82) is 0 Å². The number of nitrogens with two attached hydrogens (primary N) is 1. The van der Waals surface area contributed by atoms with E-state index in [4.69, 9.17) is 5.73 Å². The number of carbonyl (C=O) groups is 1. The Morgan fingerprint density at radius 3 is 2.35 bits per heavy atom. The Hall–Kier alpha value is -0.570. The minimum atomic E-state index is 0.289. The van der Waals surface area contributed by atoms with Crippen LogP contribution in [-0.4, -0.2) is 30.4 Å². The van der Waals surface area contributed by atoms with E-state index in [1.165, 1.54) is 25.7 Å². The van der Waals surface area contributed by atoms with Gasteiger partial charge in [0.05, 0.1) is 0 Å². The molecule has 3 heteroatoms. The van der Waals surface area contributed by atoms with Gasteiger partial charge in [-0.05, 0) is 44.1 Å². The van der Waals surface area contributed by atoms with Crippen LogP contribution in [0.3, 0.4) is 0 Å². The first-order valence-electron chi connectivity index (χ1n) is 8.73. The number of hydrogen-bond donors (Lipinski definition) is 1. The summed E-state index contributed by atoms with van der Waals surface area (Å²) >= 11 is 0. The second-order valence-electron chi connectivity index (χ2n) is 6.88. The van der Waals surface area contributed by atoms with Gasteiger partial charge in [-0.3, -0.25) is 4.79 Å². The van der Waals surface area contributed by atoms with Crippen LogP contribution in [0.4, 0.5) is 0 Å². The van der Waals surface area contributed by atoms with Gasteiger partial charge in [0.2, 0.25) is 5.91 Å². The quantitative estimate of drug-likeness (QED) is 0.812. The highest BCUT2D eigenvalue weighted by molar-refractivity contribution is 5.79. The molecule has 0 aromatic carbocycles. The predicted octanol–water partition coefficient (Wildman–Crippen LogP) is 3.18. The van der Waals surface area contributed by atoms with Crippen molar-refractivity contribution in [2.24, 2.45) is 23.5 Å². The molecule has 1 atom stereocenters. The van der Waals surface area contributed by atoms with Crippen molar-refractivity contribution in [1.82, 2.24) is 4.90 Å². The molecule has 0 spiro atoms. The molecule has 0 bridgehead atoms. The van der Waals surface area contributed by atoms with Crippen LogP contribution in [0, 0.1) is 17.8 Å². The zero-order chi connectivity index (χ0) is 14.4. The predicted molar refractivity (Wildman–Crippen MR) is 83.3 cm³/mol. The fraction of sp³-hybridized carbons (Fsp3) is 0.941. The zero-order valence-electron chi connectivity index (χ0n) is 13.2. The summed E-state index contributed by atoms with van der Waals surface area (Å²) in [7, 11) is 0. The molecule has 1 unspecified atom stereocenters. The van der Waals surface area contributed by atoms with Crippen LogP contribution in [-0.2, 0) is 4.79 Å². The number of carbonyl (C=O) groups excluding carboxylic acids is 1. The number of rotatable bonds is 6. The first-order valence-corrected chi connectivity index (χ1v) is 8.73. The summed E-state index contributed by atoms with van der Waals surface area (Å²) in [6.07, 6.45) is 11.0. The van der Waals surface area contributed by atoms with E-state index in [-0.39, 0.29) is 5.92 Å². The molecular formula is C17H32N2O. The lowest BCUT2D eigenvalue weighted by molar-refractivity contribution is -0.137. The highest BCUT2D eigenvalue weighted by Crippen LogP contribution is 2.33. The van der Waals surface area contributed by atoms with Crippen molar-refractivity contribution in [2.75, 3.05) is 19.6 Å². The van der Waals surface area contributed by atoms with Crippen LogP contribution in [0.15, 0.2) is 0 Å². The SMILES string of the molecule is CCCC(CC1CCCC1)C(=O)N1CCC(CN)CC1. The molecular weight excluding hydrogens is 248 g/mol. The molecule has 3 nitrogen and oxygen atoms in total. The lowest BCUT2D eigenvalue weighted by Gasteiger charge is -2.34. The highest BCUT2D eigenvalue weighted by Gasteiger charge is 2.29. The monoisotopic (exact) mass is 280 g/mol. The van der Waals surface area contributed by atoms with E-state index in [2.05, 4.69) is 11.8 Å². The summed E-state index contributed by atoms with van der Waals surface area (Å²) in [6, 6.07) is 0. The Kier molecular flexibility index (Phi) is 6.34. The van der Waals surface area contributed by atoms with Gasteiger partial charge in [0.15, 0.2) is 0 Å². The fourth-order valence-corrected chi connectivity index (χ4v) is 3.99. The average molecular weight is 280 g/mol. The molecule has 1 heterocycles. The van der Waals surface area contributed by atoms with Crippen molar-refractivity contribution >= 4 is 5.91 Å². The Morgan fingerprint density at radius 2 is 1.80 bits per heavy atom. The van der Waals surface area contributed by atoms with E-state index < -0.39 is 0 Å². The Morgan fingerprint density at radius 1 is 1.15 bits per heavy atom. The van der Waals surface area contributed by atoms with Gasteiger partial charge < -0.3 is 10.6 Å². The molecule has 20 heavy (non-hydrogen) atoms. The van der Waals surface area contributed by atoms with Crippen LogP contribution in [0.5, 0.6) is 0 Å². The Balaban J connectivity index is 1.85. The van der Waals surface area contributed by atoms with Crippen LogP contribution in [0.2, 0.25) is 0 Å². The molecule has 0 aromatic heterocycles. The smallest absolute Gasteiger partial charge is 0.225 e. The first-order chi connectivity index (χ1) is 9.74. The highest BCUT2D eigenvalue weighted by atomic mass is 16.2. The largest absolute Gasteiger partial charge is 0.342 e. The van der Waals surface area contributed by atoms with Gasteiger partial charge in [-0.2, -0.15) is 0 Å².